The van der Waals surface area contributed by atoms with Crippen LogP contribution in [-0.2, 0) is 17.6 Å². The molecular weight excluding hydrogens is 222 g/mol. The van der Waals surface area contributed by atoms with Crippen LogP contribution in [0, 0.1) is 0 Å². The van der Waals surface area contributed by atoms with E-state index in [1.54, 1.807) is 7.11 Å². The minimum atomic E-state index is 0.350. The summed E-state index contributed by atoms with van der Waals surface area (Å²) in [5.41, 5.74) is 2.82. The van der Waals surface area contributed by atoms with Crippen molar-refractivity contribution in [1.82, 2.24) is 5.32 Å². The number of ether oxygens (including phenoxy) is 1. The van der Waals surface area contributed by atoms with Crippen molar-refractivity contribution in [1.29, 1.82) is 0 Å². The molecule has 0 heterocycles. The average molecular weight is 249 g/mol. The van der Waals surface area contributed by atoms with E-state index in [4.69, 9.17) is 4.74 Å². The van der Waals surface area contributed by atoms with Gasteiger partial charge in [0.2, 0.25) is 0 Å². The highest BCUT2D eigenvalue weighted by molar-refractivity contribution is 5.23. The molecule has 1 N–H and O–H groups in total. The smallest absolute Gasteiger partial charge is 0.0543 e. The molecule has 2 heteroatoms. The molecule has 0 aliphatic carbocycles. The number of hydrogen-bond acceptors (Lipinski definition) is 2. The number of likely N-dealkylation sites (N-methyl/N-ethyl adjacent to an activating group) is 1. The summed E-state index contributed by atoms with van der Waals surface area (Å²) in [6.07, 6.45) is 4.82. The Kier molecular flexibility index (Phi) is 6.99. The fourth-order valence-electron chi connectivity index (χ4n) is 2.10. The lowest BCUT2D eigenvalue weighted by Gasteiger charge is -2.18. The van der Waals surface area contributed by atoms with Crippen LogP contribution in [0.2, 0.25) is 0 Å². The van der Waals surface area contributed by atoms with E-state index in [2.05, 4.69) is 43.4 Å². The van der Waals surface area contributed by atoms with Crippen molar-refractivity contribution in [3.8, 4) is 0 Å². The highest BCUT2D eigenvalue weighted by Crippen LogP contribution is 2.11. The molecule has 102 valence electrons. The van der Waals surface area contributed by atoms with Gasteiger partial charge < -0.3 is 10.1 Å². The lowest BCUT2D eigenvalue weighted by molar-refractivity contribution is 0.106. The van der Waals surface area contributed by atoms with Gasteiger partial charge in [0.1, 0.15) is 0 Å². The maximum atomic E-state index is 5.30. The van der Waals surface area contributed by atoms with E-state index < -0.39 is 0 Å². The highest BCUT2D eigenvalue weighted by Gasteiger charge is 2.09. The molecule has 1 aromatic rings. The van der Waals surface area contributed by atoms with Gasteiger partial charge in [-0.3, -0.25) is 0 Å². The second kappa shape index (κ2) is 8.28. The Bertz CT molecular complexity index is 320. The molecule has 0 bridgehead atoms. The summed E-state index contributed by atoms with van der Waals surface area (Å²) in [6.45, 7) is 4.32. The Balaban J connectivity index is 2.46. The van der Waals surface area contributed by atoms with E-state index in [0.29, 0.717) is 12.1 Å². The predicted molar refractivity (Wildman–Crippen MR) is 78.1 cm³/mol. The van der Waals surface area contributed by atoms with Gasteiger partial charge in [-0.1, -0.05) is 31.2 Å². The monoisotopic (exact) mass is 249 g/mol. The van der Waals surface area contributed by atoms with E-state index in [1.807, 2.05) is 7.05 Å². The zero-order valence-corrected chi connectivity index (χ0v) is 12.2. The lowest BCUT2D eigenvalue weighted by Crippen LogP contribution is -2.28. The van der Waals surface area contributed by atoms with Crippen LogP contribution in [0.4, 0.5) is 0 Å². The van der Waals surface area contributed by atoms with Crippen molar-refractivity contribution in [3.05, 3.63) is 35.4 Å². The Morgan fingerprint density at radius 3 is 2.22 bits per heavy atom. The molecule has 1 aromatic carbocycles. The van der Waals surface area contributed by atoms with Crippen molar-refractivity contribution >= 4 is 0 Å². The molecule has 0 radical (unpaired) electrons. The highest BCUT2D eigenvalue weighted by atomic mass is 16.5. The van der Waals surface area contributed by atoms with E-state index in [9.17, 15) is 0 Å². The van der Waals surface area contributed by atoms with Crippen LogP contribution in [-0.4, -0.2) is 26.3 Å². The molecule has 0 amide bonds. The first kappa shape index (κ1) is 15.2. The quantitative estimate of drug-likeness (QED) is 0.764. The summed E-state index contributed by atoms with van der Waals surface area (Å²) >= 11 is 0. The predicted octanol–water partition coefficient (Wildman–Crippen LogP) is 3.19. The zero-order chi connectivity index (χ0) is 13.4. The van der Waals surface area contributed by atoms with Gasteiger partial charge in [0, 0.05) is 13.2 Å². The molecule has 2 nitrogen and oxygen atoms in total. The maximum absolute atomic E-state index is 5.30. The fourth-order valence-corrected chi connectivity index (χ4v) is 2.10. The van der Waals surface area contributed by atoms with Crippen molar-refractivity contribution in [2.75, 3.05) is 14.2 Å². The van der Waals surface area contributed by atoms with Crippen molar-refractivity contribution in [3.63, 3.8) is 0 Å². The van der Waals surface area contributed by atoms with Gasteiger partial charge in [-0.15, -0.1) is 0 Å². The van der Waals surface area contributed by atoms with Gasteiger partial charge >= 0.3 is 0 Å². The van der Waals surface area contributed by atoms with Gasteiger partial charge in [-0.05, 0) is 50.8 Å². The molecule has 2 atom stereocenters. The summed E-state index contributed by atoms with van der Waals surface area (Å²) in [4.78, 5) is 0. The summed E-state index contributed by atoms with van der Waals surface area (Å²) in [5.74, 6) is 0. The Labute approximate surface area is 112 Å². The topological polar surface area (TPSA) is 21.3 Å². The van der Waals surface area contributed by atoms with Gasteiger partial charge in [0.05, 0.1) is 6.10 Å². The molecule has 18 heavy (non-hydrogen) atoms. The SMILES string of the molecule is CCc1ccc(CC(CCC(C)OC)NC)cc1. The summed E-state index contributed by atoms with van der Waals surface area (Å²) in [7, 11) is 3.82. The third kappa shape index (κ3) is 5.19. The molecule has 0 aliphatic heterocycles. The third-order valence-corrected chi connectivity index (χ3v) is 3.65. The number of hydrogen-bond donors (Lipinski definition) is 1. The molecule has 0 fully saturated rings. The van der Waals surface area contributed by atoms with Crippen LogP contribution < -0.4 is 5.32 Å². The molecule has 0 saturated heterocycles. The molecule has 0 saturated carbocycles. The number of rotatable bonds is 8. The Morgan fingerprint density at radius 1 is 1.11 bits per heavy atom. The first-order chi connectivity index (χ1) is 8.69. The number of aryl methyl sites for hydroxylation is 1. The maximum Gasteiger partial charge on any atom is 0.0543 e. The average Bonchev–Trinajstić information content (AvgIpc) is 2.43. The van der Waals surface area contributed by atoms with Crippen molar-refractivity contribution in [2.45, 2.75) is 51.7 Å². The van der Waals surface area contributed by atoms with Crippen molar-refractivity contribution < 1.29 is 4.74 Å². The van der Waals surface area contributed by atoms with E-state index >= 15 is 0 Å². The van der Waals surface area contributed by atoms with Crippen LogP contribution in [0.1, 0.15) is 37.8 Å². The van der Waals surface area contributed by atoms with Gasteiger partial charge in [0.25, 0.3) is 0 Å². The number of nitrogens with one attached hydrogen (secondary N) is 1. The van der Waals surface area contributed by atoms with Crippen LogP contribution in [0.5, 0.6) is 0 Å². The minimum Gasteiger partial charge on any atom is -0.382 e. The van der Waals surface area contributed by atoms with E-state index in [-0.39, 0.29) is 0 Å². The normalized spacial score (nSPS) is 14.4. The van der Waals surface area contributed by atoms with Crippen molar-refractivity contribution in [2.24, 2.45) is 0 Å². The van der Waals surface area contributed by atoms with Crippen LogP contribution >= 0.6 is 0 Å². The molecular formula is C16H27NO. The molecule has 1 rings (SSSR count). The molecule has 0 aromatic heterocycles. The Hall–Kier alpha value is -0.860. The number of benzene rings is 1. The van der Waals surface area contributed by atoms with Crippen LogP contribution in [0.15, 0.2) is 24.3 Å². The largest absolute Gasteiger partial charge is 0.382 e. The van der Waals surface area contributed by atoms with E-state index in [1.165, 1.54) is 11.1 Å². The Morgan fingerprint density at radius 2 is 1.72 bits per heavy atom. The van der Waals surface area contributed by atoms with Gasteiger partial charge in [-0.2, -0.15) is 0 Å². The zero-order valence-electron chi connectivity index (χ0n) is 12.2. The van der Waals surface area contributed by atoms with Gasteiger partial charge in [0.15, 0.2) is 0 Å². The molecule has 0 aliphatic rings. The first-order valence-corrected chi connectivity index (χ1v) is 6.97. The third-order valence-electron chi connectivity index (χ3n) is 3.65. The number of methoxy groups -OCH3 is 1. The standard InChI is InChI=1S/C16H27NO/c1-5-14-7-9-15(10-8-14)12-16(17-3)11-6-13(2)18-4/h7-10,13,16-17H,5-6,11-12H2,1-4H3. The fraction of sp³-hybridized carbons (Fsp3) is 0.625. The summed E-state index contributed by atoms with van der Waals surface area (Å²) in [5, 5.41) is 3.40. The second-order valence-electron chi connectivity index (χ2n) is 4.98. The van der Waals surface area contributed by atoms with E-state index in [0.717, 1.165) is 25.7 Å². The summed E-state index contributed by atoms with van der Waals surface area (Å²) in [6, 6.07) is 9.51. The molecule has 0 spiro atoms. The molecule has 2 unspecified atom stereocenters. The minimum absolute atomic E-state index is 0.350. The van der Waals surface area contributed by atoms with Gasteiger partial charge in [-0.25, -0.2) is 0 Å². The second-order valence-corrected chi connectivity index (χ2v) is 4.98. The lowest BCUT2D eigenvalue weighted by atomic mass is 9.99. The summed E-state index contributed by atoms with van der Waals surface area (Å²) < 4.78 is 5.30. The van der Waals surface area contributed by atoms with Crippen LogP contribution in [0.3, 0.4) is 0 Å². The first-order valence-electron chi connectivity index (χ1n) is 6.97. The van der Waals surface area contributed by atoms with Crippen LogP contribution in [0.25, 0.3) is 0 Å².